The highest BCUT2D eigenvalue weighted by atomic mass is 16.5. The topological polar surface area (TPSA) is 55.4 Å². The first-order chi connectivity index (χ1) is 9.63. The summed E-state index contributed by atoms with van der Waals surface area (Å²) in [6.45, 7) is 2.03. The lowest BCUT2D eigenvalue weighted by Crippen LogP contribution is -2.22. The summed E-state index contributed by atoms with van der Waals surface area (Å²) in [7, 11) is 1.62. The second kappa shape index (κ2) is 6.19. The number of amides is 1. The van der Waals surface area contributed by atoms with E-state index in [0.29, 0.717) is 18.5 Å². The molecule has 0 heterocycles. The fraction of sp³-hybridized carbons (Fsp3) is 0.250. The number of carbonyl (C=O) groups is 2. The van der Waals surface area contributed by atoms with Crippen molar-refractivity contribution < 1.29 is 14.3 Å². The van der Waals surface area contributed by atoms with Crippen molar-refractivity contribution in [3.05, 3.63) is 41.5 Å². The third-order valence-electron chi connectivity index (χ3n) is 3.17. The molecule has 1 N–H and O–H groups in total. The summed E-state index contributed by atoms with van der Waals surface area (Å²) in [5.74, 6) is 0.718. The van der Waals surface area contributed by atoms with Gasteiger partial charge in [0, 0.05) is 19.0 Å². The predicted octanol–water partition coefficient (Wildman–Crippen LogP) is 2.34. The summed E-state index contributed by atoms with van der Waals surface area (Å²) >= 11 is 0. The smallest absolute Gasteiger partial charge is 0.216 e. The zero-order chi connectivity index (χ0) is 14.5. The molecule has 2 aromatic carbocycles. The molecule has 0 aliphatic heterocycles. The number of hydrogen-bond acceptors (Lipinski definition) is 3. The van der Waals surface area contributed by atoms with Crippen molar-refractivity contribution in [2.24, 2.45) is 0 Å². The molecule has 2 rings (SSSR count). The first-order valence-electron chi connectivity index (χ1n) is 6.44. The van der Waals surface area contributed by atoms with Crippen LogP contribution in [-0.2, 0) is 11.2 Å². The number of hydrogen-bond donors (Lipinski definition) is 1. The van der Waals surface area contributed by atoms with E-state index in [1.165, 1.54) is 6.92 Å². The van der Waals surface area contributed by atoms with E-state index >= 15 is 0 Å². The fourth-order valence-corrected chi connectivity index (χ4v) is 2.21. The van der Waals surface area contributed by atoms with Crippen LogP contribution in [0, 0.1) is 0 Å². The molecule has 0 fully saturated rings. The SMILES string of the molecule is COc1ccc2cc(C=O)cc(CCNC(C)=O)c2c1. The van der Waals surface area contributed by atoms with Gasteiger partial charge in [-0.15, -0.1) is 0 Å². The first-order valence-corrected chi connectivity index (χ1v) is 6.44. The van der Waals surface area contributed by atoms with Gasteiger partial charge in [-0.25, -0.2) is 0 Å². The van der Waals surface area contributed by atoms with Crippen LogP contribution in [0.3, 0.4) is 0 Å². The maximum absolute atomic E-state index is 11.0. The summed E-state index contributed by atoms with van der Waals surface area (Å²) in [6.07, 6.45) is 1.51. The van der Waals surface area contributed by atoms with E-state index < -0.39 is 0 Å². The van der Waals surface area contributed by atoms with E-state index in [4.69, 9.17) is 4.74 Å². The van der Waals surface area contributed by atoms with Crippen LogP contribution in [0.25, 0.3) is 10.8 Å². The van der Waals surface area contributed by atoms with Crippen molar-refractivity contribution in [2.45, 2.75) is 13.3 Å². The van der Waals surface area contributed by atoms with E-state index in [0.717, 1.165) is 28.4 Å². The van der Waals surface area contributed by atoms with Crippen LogP contribution in [0.2, 0.25) is 0 Å². The van der Waals surface area contributed by atoms with Gasteiger partial charge in [-0.05, 0) is 47.0 Å². The third kappa shape index (κ3) is 3.15. The van der Waals surface area contributed by atoms with E-state index in [1.54, 1.807) is 7.11 Å². The van der Waals surface area contributed by atoms with Crippen LogP contribution in [0.5, 0.6) is 5.75 Å². The molecule has 0 aliphatic rings. The van der Waals surface area contributed by atoms with E-state index in [-0.39, 0.29) is 5.91 Å². The third-order valence-corrected chi connectivity index (χ3v) is 3.17. The molecule has 0 radical (unpaired) electrons. The van der Waals surface area contributed by atoms with Crippen molar-refractivity contribution in [3.8, 4) is 5.75 Å². The van der Waals surface area contributed by atoms with Crippen molar-refractivity contribution in [3.63, 3.8) is 0 Å². The first kappa shape index (κ1) is 14.1. The minimum atomic E-state index is -0.0570. The number of benzene rings is 2. The molecule has 0 aromatic heterocycles. The molecule has 2 aromatic rings. The molecule has 4 nitrogen and oxygen atoms in total. The van der Waals surface area contributed by atoms with Gasteiger partial charge in [0.25, 0.3) is 0 Å². The van der Waals surface area contributed by atoms with Gasteiger partial charge in [0.05, 0.1) is 7.11 Å². The van der Waals surface area contributed by atoms with E-state index in [9.17, 15) is 9.59 Å². The molecule has 20 heavy (non-hydrogen) atoms. The van der Waals surface area contributed by atoms with Crippen molar-refractivity contribution in [2.75, 3.05) is 13.7 Å². The molecule has 0 unspecified atom stereocenters. The number of fused-ring (bicyclic) bond motifs is 1. The number of aldehydes is 1. The second-order valence-corrected chi connectivity index (χ2v) is 4.62. The highest BCUT2D eigenvalue weighted by Crippen LogP contribution is 2.25. The minimum Gasteiger partial charge on any atom is -0.497 e. The standard InChI is InChI=1S/C16H17NO3/c1-11(19)17-6-5-14-8-12(10-18)7-13-3-4-15(20-2)9-16(13)14/h3-4,7-10H,5-6H2,1-2H3,(H,17,19). The Kier molecular flexibility index (Phi) is 4.35. The van der Waals surface area contributed by atoms with Gasteiger partial charge < -0.3 is 10.1 Å². The Hall–Kier alpha value is -2.36. The van der Waals surface area contributed by atoms with Crippen molar-refractivity contribution in [1.82, 2.24) is 5.32 Å². The Morgan fingerprint density at radius 1 is 1.30 bits per heavy atom. The minimum absolute atomic E-state index is 0.0570. The largest absolute Gasteiger partial charge is 0.497 e. The van der Waals surface area contributed by atoms with Gasteiger partial charge in [0.2, 0.25) is 5.91 Å². The Bertz CT molecular complexity index is 649. The molecule has 0 aliphatic carbocycles. The zero-order valence-electron chi connectivity index (χ0n) is 11.6. The van der Waals surface area contributed by atoms with Gasteiger partial charge in [0.15, 0.2) is 0 Å². The predicted molar refractivity (Wildman–Crippen MR) is 78.3 cm³/mol. The number of methoxy groups -OCH3 is 1. The number of carbonyl (C=O) groups excluding carboxylic acids is 2. The molecule has 104 valence electrons. The quantitative estimate of drug-likeness (QED) is 0.849. The monoisotopic (exact) mass is 271 g/mol. The summed E-state index contributed by atoms with van der Waals surface area (Å²) < 4.78 is 5.24. The summed E-state index contributed by atoms with van der Waals surface area (Å²) in [6, 6.07) is 9.46. The van der Waals surface area contributed by atoms with Crippen LogP contribution in [0.4, 0.5) is 0 Å². The van der Waals surface area contributed by atoms with Crippen molar-refractivity contribution in [1.29, 1.82) is 0 Å². The zero-order valence-corrected chi connectivity index (χ0v) is 11.6. The summed E-state index contributed by atoms with van der Waals surface area (Å²) in [5, 5.41) is 4.80. The van der Waals surface area contributed by atoms with Crippen LogP contribution >= 0.6 is 0 Å². The van der Waals surface area contributed by atoms with Gasteiger partial charge >= 0.3 is 0 Å². The highest BCUT2D eigenvalue weighted by molar-refractivity contribution is 5.92. The number of rotatable bonds is 5. The Labute approximate surface area is 117 Å². The summed E-state index contributed by atoms with van der Waals surface area (Å²) in [5.41, 5.74) is 1.66. The molecule has 4 heteroatoms. The van der Waals surface area contributed by atoms with Gasteiger partial charge in [-0.1, -0.05) is 6.07 Å². The van der Waals surface area contributed by atoms with Gasteiger partial charge in [0.1, 0.15) is 12.0 Å². The van der Waals surface area contributed by atoms with Gasteiger partial charge in [-0.2, -0.15) is 0 Å². The molecule has 0 bridgehead atoms. The highest BCUT2D eigenvalue weighted by Gasteiger charge is 2.06. The second-order valence-electron chi connectivity index (χ2n) is 4.62. The lowest BCUT2D eigenvalue weighted by Gasteiger charge is -2.10. The van der Waals surface area contributed by atoms with Crippen LogP contribution in [-0.4, -0.2) is 25.8 Å². The van der Waals surface area contributed by atoms with Crippen LogP contribution < -0.4 is 10.1 Å². The lowest BCUT2D eigenvalue weighted by molar-refractivity contribution is -0.118. The molecule has 0 saturated carbocycles. The average molecular weight is 271 g/mol. The number of ether oxygens (including phenoxy) is 1. The van der Waals surface area contributed by atoms with Crippen LogP contribution in [0.1, 0.15) is 22.8 Å². The van der Waals surface area contributed by atoms with Crippen LogP contribution in [0.15, 0.2) is 30.3 Å². The lowest BCUT2D eigenvalue weighted by atomic mass is 9.99. The maximum Gasteiger partial charge on any atom is 0.216 e. The molecule has 0 saturated heterocycles. The number of nitrogens with one attached hydrogen (secondary N) is 1. The Morgan fingerprint density at radius 3 is 2.75 bits per heavy atom. The molecular weight excluding hydrogens is 254 g/mol. The molecule has 1 amide bonds. The fourth-order valence-electron chi connectivity index (χ4n) is 2.21. The van der Waals surface area contributed by atoms with E-state index in [1.807, 2.05) is 30.3 Å². The van der Waals surface area contributed by atoms with E-state index in [2.05, 4.69) is 5.32 Å². The molecular formula is C16H17NO3. The van der Waals surface area contributed by atoms with Gasteiger partial charge in [-0.3, -0.25) is 9.59 Å². The Morgan fingerprint density at radius 2 is 2.10 bits per heavy atom. The molecule has 0 atom stereocenters. The molecule has 0 spiro atoms. The Balaban J connectivity index is 2.42. The maximum atomic E-state index is 11.0. The normalized spacial score (nSPS) is 10.3. The van der Waals surface area contributed by atoms with Crippen molar-refractivity contribution >= 4 is 23.0 Å². The average Bonchev–Trinajstić information content (AvgIpc) is 2.46. The summed E-state index contributed by atoms with van der Waals surface area (Å²) in [4.78, 5) is 21.9.